The molecule has 2 aromatic heterocycles. The van der Waals surface area contributed by atoms with Gasteiger partial charge in [0.1, 0.15) is 0 Å². The molecule has 2 rings (SSSR count). The number of amides is 1. The Morgan fingerprint density at radius 1 is 1.50 bits per heavy atom. The molecule has 7 nitrogen and oxygen atoms in total. The molecule has 1 atom stereocenters. The number of nitrogens with one attached hydrogen (secondary N) is 2. The fourth-order valence-corrected chi connectivity index (χ4v) is 3.25. The minimum atomic E-state index is -0.337. The number of carbonyl (C=O) groups is 1. The van der Waals surface area contributed by atoms with E-state index in [0.29, 0.717) is 17.2 Å². The summed E-state index contributed by atoms with van der Waals surface area (Å²) in [5.41, 5.74) is 1.73. The lowest BCUT2D eigenvalue weighted by Crippen LogP contribution is -2.28. The van der Waals surface area contributed by atoms with Crippen molar-refractivity contribution in [1.82, 2.24) is 15.3 Å². The van der Waals surface area contributed by atoms with Crippen LogP contribution in [0.3, 0.4) is 0 Å². The minimum absolute atomic E-state index is 0.129. The van der Waals surface area contributed by atoms with Crippen molar-refractivity contribution in [3.8, 4) is 0 Å². The lowest BCUT2D eigenvalue weighted by Gasteiger charge is -2.15. The van der Waals surface area contributed by atoms with Gasteiger partial charge >= 0.3 is 0 Å². The number of fused-ring (bicyclic) bond motifs is 1. The normalized spacial score (nSPS) is 13.2. The third kappa shape index (κ3) is 4.74. The molecule has 0 fully saturated rings. The van der Waals surface area contributed by atoms with Crippen molar-refractivity contribution < 1.29 is 9.90 Å². The third-order valence-electron chi connectivity index (χ3n) is 3.54. The molecule has 2 aromatic rings. The molecule has 0 radical (unpaired) electrons. The molecule has 26 heavy (non-hydrogen) atoms. The molecule has 0 bridgehead atoms. The monoisotopic (exact) mass is 373 g/mol. The van der Waals surface area contributed by atoms with Crippen LogP contribution in [0.25, 0.3) is 10.2 Å². The highest BCUT2D eigenvalue weighted by Gasteiger charge is 2.18. The number of nitrogens with zero attached hydrogens (tertiary/aromatic N) is 3. The van der Waals surface area contributed by atoms with Crippen LogP contribution in [0.15, 0.2) is 35.0 Å². The highest BCUT2D eigenvalue weighted by molar-refractivity contribution is 7.19. The number of aliphatic hydroxyl groups excluding tert-OH is 1. The van der Waals surface area contributed by atoms with Crippen LogP contribution in [-0.4, -0.2) is 46.9 Å². The van der Waals surface area contributed by atoms with Crippen molar-refractivity contribution in [3.63, 3.8) is 0 Å². The second-order valence-corrected chi connectivity index (χ2v) is 6.84. The minimum Gasteiger partial charge on any atom is -0.395 e. The molecule has 0 aromatic carbocycles. The summed E-state index contributed by atoms with van der Waals surface area (Å²) in [5, 5.41) is 14.7. The summed E-state index contributed by atoms with van der Waals surface area (Å²) in [4.78, 5) is 26.4. The Morgan fingerprint density at radius 2 is 2.27 bits per heavy atom. The van der Waals surface area contributed by atoms with Gasteiger partial charge in [-0.25, -0.2) is 9.97 Å². The SMILES string of the molecule is C=N/C(=C\C=C/C)[C@H](C)Nc1nc(C(=O)NCCO)c2sc(C)cc2n1. The number of rotatable bonds is 8. The average molecular weight is 373 g/mol. The van der Waals surface area contributed by atoms with Crippen LogP contribution in [0.1, 0.15) is 29.2 Å². The van der Waals surface area contributed by atoms with Crippen molar-refractivity contribution in [2.24, 2.45) is 4.99 Å². The van der Waals surface area contributed by atoms with Gasteiger partial charge in [0.05, 0.1) is 28.6 Å². The van der Waals surface area contributed by atoms with Gasteiger partial charge in [0.15, 0.2) is 5.69 Å². The number of thiophene rings is 1. The first-order chi connectivity index (χ1) is 12.5. The standard InChI is InChI=1S/C18H23N5O2S/c1-5-6-7-13(19-4)12(3)21-18-22-14-10-11(2)26-16(14)15(23-18)17(25)20-8-9-24/h5-7,10,12,24H,4,8-9H2,1-3H3,(H,20,25)(H,21,22,23)/b6-5-,13-7-/t12-/m0/s1. The van der Waals surface area contributed by atoms with Gasteiger partial charge in [-0.15, -0.1) is 11.3 Å². The zero-order valence-electron chi connectivity index (χ0n) is 15.1. The summed E-state index contributed by atoms with van der Waals surface area (Å²) >= 11 is 1.46. The van der Waals surface area contributed by atoms with E-state index in [4.69, 9.17) is 5.11 Å². The summed E-state index contributed by atoms with van der Waals surface area (Å²) in [5.74, 6) is 0.00232. The summed E-state index contributed by atoms with van der Waals surface area (Å²) in [6, 6.07) is 1.73. The molecule has 1 amide bonds. The molecule has 0 unspecified atom stereocenters. The largest absolute Gasteiger partial charge is 0.395 e. The van der Waals surface area contributed by atoms with Crippen LogP contribution in [0.4, 0.5) is 5.95 Å². The van der Waals surface area contributed by atoms with E-state index >= 15 is 0 Å². The molecular formula is C18H23N5O2S. The number of anilines is 1. The van der Waals surface area contributed by atoms with Crippen LogP contribution < -0.4 is 10.6 Å². The van der Waals surface area contributed by atoms with Gasteiger partial charge < -0.3 is 15.7 Å². The van der Waals surface area contributed by atoms with Gasteiger partial charge in [-0.2, -0.15) is 0 Å². The molecule has 0 saturated carbocycles. The molecule has 8 heteroatoms. The second kappa shape index (κ2) is 9.21. The van der Waals surface area contributed by atoms with E-state index in [9.17, 15) is 4.79 Å². The van der Waals surface area contributed by atoms with E-state index in [1.54, 1.807) is 0 Å². The summed E-state index contributed by atoms with van der Waals surface area (Å²) < 4.78 is 0.725. The van der Waals surface area contributed by atoms with Gasteiger partial charge in [-0.3, -0.25) is 9.79 Å². The van der Waals surface area contributed by atoms with Crippen molar-refractivity contribution in [1.29, 1.82) is 0 Å². The van der Waals surface area contributed by atoms with E-state index in [1.807, 2.05) is 45.1 Å². The number of hydrogen-bond donors (Lipinski definition) is 3. The van der Waals surface area contributed by atoms with E-state index < -0.39 is 0 Å². The number of aryl methyl sites for hydroxylation is 1. The van der Waals surface area contributed by atoms with Crippen LogP contribution in [0.5, 0.6) is 0 Å². The quantitative estimate of drug-likeness (QED) is 0.488. The smallest absolute Gasteiger partial charge is 0.271 e. The number of allylic oxidation sites excluding steroid dienone is 3. The second-order valence-electron chi connectivity index (χ2n) is 5.59. The molecule has 0 spiro atoms. The molecule has 0 saturated heterocycles. The molecule has 0 aliphatic carbocycles. The maximum atomic E-state index is 12.4. The Bertz CT molecular complexity index is 857. The van der Waals surface area contributed by atoms with Crippen molar-refractivity contribution in [2.45, 2.75) is 26.8 Å². The predicted octanol–water partition coefficient (Wildman–Crippen LogP) is 2.68. The lowest BCUT2D eigenvalue weighted by molar-refractivity contribution is 0.0942. The van der Waals surface area contributed by atoms with Crippen molar-refractivity contribution >= 4 is 40.1 Å². The van der Waals surface area contributed by atoms with Gasteiger partial charge in [0, 0.05) is 11.4 Å². The number of aliphatic hydroxyl groups is 1. The first-order valence-corrected chi connectivity index (χ1v) is 9.05. The number of aromatic nitrogens is 2. The average Bonchev–Trinajstić information content (AvgIpc) is 2.99. The zero-order chi connectivity index (χ0) is 19.1. The highest BCUT2D eigenvalue weighted by atomic mass is 32.1. The zero-order valence-corrected chi connectivity index (χ0v) is 15.9. The highest BCUT2D eigenvalue weighted by Crippen LogP contribution is 2.27. The van der Waals surface area contributed by atoms with E-state index in [-0.39, 0.29) is 25.1 Å². The molecule has 3 N–H and O–H groups in total. The van der Waals surface area contributed by atoms with Crippen LogP contribution in [-0.2, 0) is 0 Å². The first-order valence-electron chi connectivity index (χ1n) is 8.23. The van der Waals surface area contributed by atoms with Crippen LogP contribution >= 0.6 is 11.3 Å². The molecule has 2 heterocycles. The van der Waals surface area contributed by atoms with E-state index in [2.05, 4.69) is 32.3 Å². The summed E-state index contributed by atoms with van der Waals surface area (Å²) in [6.45, 7) is 9.43. The van der Waals surface area contributed by atoms with E-state index in [1.165, 1.54) is 11.3 Å². The van der Waals surface area contributed by atoms with Crippen LogP contribution in [0, 0.1) is 6.92 Å². The lowest BCUT2D eigenvalue weighted by atomic mass is 10.2. The fraction of sp³-hybridized carbons (Fsp3) is 0.333. The summed E-state index contributed by atoms with van der Waals surface area (Å²) in [7, 11) is 0. The van der Waals surface area contributed by atoms with Crippen LogP contribution in [0.2, 0.25) is 0 Å². The van der Waals surface area contributed by atoms with Crippen molar-refractivity contribution in [3.05, 3.63) is 40.6 Å². The Morgan fingerprint density at radius 3 is 2.92 bits per heavy atom. The Labute approximate surface area is 156 Å². The maximum absolute atomic E-state index is 12.4. The molecule has 0 aliphatic heterocycles. The molecular weight excluding hydrogens is 350 g/mol. The predicted molar refractivity (Wildman–Crippen MR) is 107 cm³/mol. The van der Waals surface area contributed by atoms with E-state index in [0.717, 1.165) is 15.3 Å². The topological polar surface area (TPSA) is 99.5 Å². The molecule has 138 valence electrons. The third-order valence-corrected chi connectivity index (χ3v) is 4.58. The molecule has 0 aliphatic rings. The Balaban J connectivity index is 2.38. The summed E-state index contributed by atoms with van der Waals surface area (Å²) in [6.07, 6.45) is 5.63. The number of aliphatic imine (C=N–C) groups is 1. The number of hydrogen-bond acceptors (Lipinski definition) is 7. The number of carbonyl (C=O) groups excluding carboxylic acids is 1. The Hall–Kier alpha value is -2.58. The van der Waals surface area contributed by atoms with Crippen molar-refractivity contribution in [2.75, 3.05) is 18.5 Å². The van der Waals surface area contributed by atoms with Gasteiger partial charge in [0.25, 0.3) is 5.91 Å². The first kappa shape index (κ1) is 19.7. The van der Waals surface area contributed by atoms with Gasteiger partial charge in [-0.1, -0.05) is 12.2 Å². The maximum Gasteiger partial charge on any atom is 0.271 e. The van der Waals surface area contributed by atoms with Gasteiger partial charge in [0.2, 0.25) is 5.95 Å². The Kier molecular flexibility index (Phi) is 6.99. The fourth-order valence-electron chi connectivity index (χ4n) is 2.32. The van der Waals surface area contributed by atoms with Gasteiger partial charge in [-0.05, 0) is 39.6 Å².